The highest BCUT2D eigenvalue weighted by molar-refractivity contribution is 7.91. The van der Waals surface area contributed by atoms with E-state index in [4.69, 9.17) is 14.2 Å². The van der Waals surface area contributed by atoms with Crippen molar-refractivity contribution in [2.75, 3.05) is 32.7 Å². The van der Waals surface area contributed by atoms with Crippen molar-refractivity contribution in [3.05, 3.63) is 42.7 Å². The second kappa shape index (κ2) is 12.5. The smallest absolute Gasteiger partial charge is 0.407 e. The summed E-state index contributed by atoms with van der Waals surface area (Å²) in [4.78, 5) is 29.3. The summed E-state index contributed by atoms with van der Waals surface area (Å²) in [5.41, 5.74) is 1.32. The summed E-state index contributed by atoms with van der Waals surface area (Å²) < 4.78 is 41.7. The number of aromatic nitrogens is 1. The predicted molar refractivity (Wildman–Crippen MR) is 129 cm³/mol. The highest BCUT2D eigenvalue weighted by atomic mass is 32.2. The number of alkyl carbamates (subject to hydrolysis) is 1. The number of carbonyl (C=O) groups excluding carboxylic acids is 2. The van der Waals surface area contributed by atoms with E-state index in [1.807, 2.05) is 18.2 Å². The summed E-state index contributed by atoms with van der Waals surface area (Å²) in [6.07, 6.45) is 3.14. The van der Waals surface area contributed by atoms with Crippen molar-refractivity contribution >= 4 is 21.8 Å². The van der Waals surface area contributed by atoms with Gasteiger partial charge in [0.15, 0.2) is 9.84 Å². The second-order valence-electron chi connectivity index (χ2n) is 8.27. The molecule has 2 atom stereocenters. The molecule has 0 unspecified atom stereocenters. The molecular formula is C24H31N3O7S. The van der Waals surface area contributed by atoms with Crippen LogP contribution in [0.2, 0.25) is 0 Å². The lowest BCUT2D eigenvalue weighted by atomic mass is 10.1. The Balaban J connectivity index is 1.84. The Kier molecular flexibility index (Phi) is 9.44. The number of nitrogens with zero attached hydrogens (tertiary/aromatic N) is 1. The van der Waals surface area contributed by atoms with Gasteiger partial charge < -0.3 is 24.8 Å². The van der Waals surface area contributed by atoms with E-state index in [1.54, 1.807) is 25.3 Å². The van der Waals surface area contributed by atoms with Crippen molar-refractivity contribution in [1.82, 2.24) is 15.6 Å². The second-order valence-corrected chi connectivity index (χ2v) is 10.4. The molecule has 0 spiro atoms. The van der Waals surface area contributed by atoms with Gasteiger partial charge in [-0.3, -0.25) is 9.78 Å². The fourth-order valence-corrected chi connectivity index (χ4v) is 4.94. The van der Waals surface area contributed by atoms with Crippen molar-refractivity contribution in [2.45, 2.75) is 43.2 Å². The molecule has 2 N–H and O–H groups in total. The van der Waals surface area contributed by atoms with Gasteiger partial charge in [-0.2, -0.15) is 0 Å². The number of nitrogens with one attached hydrogen (secondary N) is 2. The molecule has 2 bridgehead atoms. The third-order valence-electron chi connectivity index (χ3n) is 5.43. The van der Waals surface area contributed by atoms with Crippen LogP contribution in [0.15, 0.2) is 47.6 Å². The molecular weight excluding hydrogens is 474 g/mol. The van der Waals surface area contributed by atoms with Crippen LogP contribution in [0.3, 0.4) is 0 Å². The fourth-order valence-electron chi connectivity index (χ4n) is 3.60. The van der Waals surface area contributed by atoms with E-state index in [1.165, 1.54) is 13.3 Å². The van der Waals surface area contributed by atoms with Crippen LogP contribution in [0.25, 0.3) is 11.1 Å². The monoisotopic (exact) mass is 505 g/mol. The van der Waals surface area contributed by atoms with Gasteiger partial charge in [0.05, 0.1) is 23.3 Å². The Morgan fingerprint density at radius 2 is 2.03 bits per heavy atom. The van der Waals surface area contributed by atoms with Gasteiger partial charge in [0, 0.05) is 30.6 Å². The minimum atomic E-state index is -3.60. The molecule has 0 saturated carbocycles. The first-order chi connectivity index (χ1) is 16.8. The van der Waals surface area contributed by atoms with Crippen molar-refractivity contribution in [2.24, 2.45) is 0 Å². The minimum Gasteiger partial charge on any atom is -0.491 e. The van der Waals surface area contributed by atoms with E-state index >= 15 is 0 Å². The van der Waals surface area contributed by atoms with Gasteiger partial charge in [-0.15, -0.1) is 0 Å². The van der Waals surface area contributed by atoms with Crippen molar-refractivity contribution < 1.29 is 32.2 Å². The lowest BCUT2D eigenvalue weighted by molar-refractivity contribution is -0.124. The average Bonchev–Trinajstić information content (AvgIpc) is 2.84. The lowest BCUT2D eigenvalue weighted by Gasteiger charge is -2.22. The Hall–Kier alpha value is -3.18. The Bertz CT molecular complexity index is 1120. The number of methoxy groups -OCH3 is 1. The zero-order chi connectivity index (χ0) is 25.3. The van der Waals surface area contributed by atoms with E-state index in [-0.39, 0.29) is 42.9 Å². The molecule has 10 nitrogen and oxygen atoms in total. The van der Waals surface area contributed by atoms with Crippen LogP contribution in [0.5, 0.6) is 5.75 Å². The molecule has 2 heterocycles. The first kappa shape index (κ1) is 26.4. The fraction of sp³-hybridized carbons (Fsp3) is 0.458. The molecule has 0 radical (unpaired) electrons. The normalized spacial score (nSPS) is 20.6. The molecule has 0 fully saturated rings. The maximum absolute atomic E-state index is 12.9. The summed E-state index contributed by atoms with van der Waals surface area (Å²) in [5, 5.41) is 5.41. The summed E-state index contributed by atoms with van der Waals surface area (Å²) in [6, 6.07) is 7.58. The van der Waals surface area contributed by atoms with Crippen LogP contribution in [-0.2, 0) is 24.1 Å². The van der Waals surface area contributed by atoms with E-state index < -0.39 is 27.9 Å². The van der Waals surface area contributed by atoms with Gasteiger partial charge in [-0.25, -0.2) is 13.2 Å². The molecule has 3 rings (SSSR count). The van der Waals surface area contributed by atoms with E-state index in [9.17, 15) is 18.0 Å². The van der Waals surface area contributed by atoms with E-state index in [0.29, 0.717) is 29.7 Å². The molecule has 2 aromatic rings. The van der Waals surface area contributed by atoms with Crippen LogP contribution in [-0.4, -0.2) is 70.2 Å². The van der Waals surface area contributed by atoms with Gasteiger partial charge in [-0.1, -0.05) is 18.2 Å². The van der Waals surface area contributed by atoms with Crippen LogP contribution in [0.1, 0.15) is 26.2 Å². The first-order valence-electron chi connectivity index (χ1n) is 11.4. The SMILES string of the molecule is COCCOC(=O)N[C@H]1CCCCS(=O)(=O)c2cncc(c2)-c2ccccc2OC[C@@H](C)NC1=O. The molecule has 1 aromatic heterocycles. The molecule has 35 heavy (non-hydrogen) atoms. The van der Waals surface area contributed by atoms with E-state index in [2.05, 4.69) is 15.6 Å². The van der Waals surface area contributed by atoms with Crippen LogP contribution >= 0.6 is 0 Å². The zero-order valence-electron chi connectivity index (χ0n) is 19.9. The number of sulfone groups is 1. The number of hydrogen-bond donors (Lipinski definition) is 2. The van der Waals surface area contributed by atoms with E-state index in [0.717, 1.165) is 0 Å². The number of carbonyl (C=O) groups is 2. The lowest BCUT2D eigenvalue weighted by Crippen LogP contribution is -2.50. The van der Waals surface area contributed by atoms with Crippen molar-refractivity contribution in [3.63, 3.8) is 0 Å². The molecule has 0 saturated heterocycles. The first-order valence-corrected chi connectivity index (χ1v) is 13.1. The predicted octanol–water partition coefficient (Wildman–Crippen LogP) is 2.33. The van der Waals surface area contributed by atoms with Crippen molar-refractivity contribution in [1.29, 1.82) is 0 Å². The highest BCUT2D eigenvalue weighted by Crippen LogP contribution is 2.31. The Morgan fingerprint density at radius 1 is 1.23 bits per heavy atom. The summed E-state index contributed by atoms with van der Waals surface area (Å²) in [5.74, 6) is 0.0233. The molecule has 1 aliphatic heterocycles. The Labute approximate surface area is 205 Å². The molecule has 1 aromatic carbocycles. The number of pyridine rings is 1. The number of fused-ring (bicyclic) bond motifs is 4. The van der Waals surface area contributed by atoms with Gasteiger partial charge in [-0.05, 0) is 38.3 Å². The molecule has 190 valence electrons. The number of benzene rings is 1. The maximum Gasteiger partial charge on any atom is 0.407 e. The number of hydrogen-bond acceptors (Lipinski definition) is 8. The highest BCUT2D eigenvalue weighted by Gasteiger charge is 2.24. The van der Waals surface area contributed by atoms with Gasteiger partial charge in [0.1, 0.15) is 25.0 Å². The number of para-hydroxylation sites is 1. The van der Waals surface area contributed by atoms with Gasteiger partial charge >= 0.3 is 6.09 Å². The topological polar surface area (TPSA) is 133 Å². The van der Waals surface area contributed by atoms with Gasteiger partial charge in [0.2, 0.25) is 5.91 Å². The summed E-state index contributed by atoms with van der Waals surface area (Å²) >= 11 is 0. The van der Waals surface area contributed by atoms with Crippen LogP contribution < -0.4 is 15.4 Å². The summed E-state index contributed by atoms with van der Waals surface area (Å²) in [6.45, 7) is 2.24. The minimum absolute atomic E-state index is 0.0473. The quantitative estimate of drug-likeness (QED) is 0.605. The number of amides is 2. The van der Waals surface area contributed by atoms with Crippen LogP contribution in [0.4, 0.5) is 4.79 Å². The Morgan fingerprint density at radius 3 is 2.83 bits per heavy atom. The summed E-state index contributed by atoms with van der Waals surface area (Å²) in [7, 11) is -2.11. The molecule has 2 amide bonds. The zero-order valence-corrected chi connectivity index (χ0v) is 20.7. The third kappa shape index (κ3) is 7.66. The molecule has 0 aliphatic carbocycles. The maximum atomic E-state index is 12.9. The number of rotatable bonds is 4. The number of ether oxygens (including phenoxy) is 3. The average molecular weight is 506 g/mol. The largest absolute Gasteiger partial charge is 0.491 e. The van der Waals surface area contributed by atoms with Gasteiger partial charge in [0.25, 0.3) is 0 Å². The van der Waals surface area contributed by atoms with Crippen LogP contribution in [0, 0.1) is 0 Å². The van der Waals surface area contributed by atoms with Crippen molar-refractivity contribution in [3.8, 4) is 16.9 Å². The molecule has 11 heteroatoms. The standard InChI is InChI=1S/C24H31N3O7S/c1-17-16-34-22-9-4-3-7-20(22)18-13-19(15-25-14-18)35(30,31)12-6-5-8-21(23(28)26-17)27-24(29)33-11-10-32-2/h3-4,7,9,13-15,17,21H,5-6,8,10-12,16H2,1-2H3,(H,26,28)(H,27,29)/t17-,21+/m1/s1. The third-order valence-corrected chi connectivity index (χ3v) is 7.20. The molecule has 1 aliphatic rings.